The Morgan fingerprint density at radius 2 is 1.76 bits per heavy atom. The molecule has 2 unspecified atom stereocenters. The van der Waals surface area contributed by atoms with Gasteiger partial charge in [0, 0.05) is 44.7 Å². The number of halogens is 3. The van der Waals surface area contributed by atoms with Crippen molar-refractivity contribution in [2.45, 2.75) is 63.2 Å². The minimum absolute atomic E-state index is 0.181. The normalized spacial score (nSPS) is 29.7. The van der Waals surface area contributed by atoms with Crippen LogP contribution in [-0.4, -0.2) is 49.3 Å². The summed E-state index contributed by atoms with van der Waals surface area (Å²) in [7, 11) is 0. The molecule has 0 radical (unpaired) electrons. The first-order valence-electron chi connectivity index (χ1n) is 8.21. The van der Waals surface area contributed by atoms with Crippen molar-refractivity contribution in [1.82, 2.24) is 10.2 Å². The van der Waals surface area contributed by atoms with Crippen LogP contribution in [0.3, 0.4) is 0 Å². The number of rotatable bonds is 5. The van der Waals surface area contributed by atoms with Crippen LogP contribution in [0.1, 0.15) is 44.9 Å². The van der Waals surface area contributed by atoms with Gasteiger partial charge in [0.2, 0.25) is 0 Å². The Kier molecular flexibility index (Phi) is 6.32. The monoisotopic (exact) mass is 307 g/mol. The zero-order valence-electron chi connectivity index (χ0n) is 12.7. The van der Waals surface area contributed by atoms with Gasteiger partial charge in [-0.25, -0.2) is 0 Å². The smallest absolute Gasteiger partial charge is 0.329 e. The van der Waals surface area contributed by atoms with E-state index in [9.17, 15) is 13.2 Å². The van der Waals surface area contributed by atoms with E-state index in [-0.39, 0.29) is 12.0 Å². The summed E-state index contributed by atoms with van der Waals surface area (Å²) in [4.78, 5) is 2.10. The number of hydrogen-bond acceptors (Lipinski definition) is 3. The SMILES string of the molecule is NCCN1CC(CC(F)(F)F)CC(NC2CCCCC2)C1. The molecule has 0 aromatic rings. The topological polar surface area (TPSA) is 41.3 Å². The summed E-state index contributed by atoms with van der Waals surface area (Å²) in [6.45, 7) is 2.56. The molecule has 3 N–H and O–H groups in total. The summed E-state index contributed by atoms with van der Waals surface area (Å²) in [6.07, 6.45) is 2.00. The summed E-state index contributed by atoms with van der Waals surface area (Å²) in [5.74, 6) is -0.300. The lowest BCUT2D eigenvalue weighted by molar-refractivity contribution is -0.148. The van der Waals surface area contributed by atoms with Gasteiger partial charge in [-0.2, -0.15) is 13.2 Å². The average Bonchev–Trinajstić information content (AvgIpc) is 2.38. The first kappa shape index (κ1) is 17.0. The average molecular weight is 307 g/mol. The van der Waals surface area contributed by atoms with Crippen LogP contribution in [0.2, 0.25) is 0 Å². The number of nitrogens with two attached hydrogens (primary N) is 1. The molecule has 1 saturated heterocycles. The van der Waals surface area contributed by atoms with E-state index >= 15 is 0 Å². The highest BCUT2D eigenvalue weighted by Crippen LogP contribution is 2.31. The highest BCUT2D eigenvalue weighted by molar-refractivity contribution is 4.87. The van der Waals surface area contributed by atoms with E-state index in [2.05, 4.69) is 10.2 Å². The van der Waals surface area contributed by atoms with Crippen molar-refractivity contribution in [1.29, 1.82) is 0 Å². The van der Waals surface area contributed by atoms with Crippen LogP contribution in [0.4, 0.5) is 13.2 Å². The highest BCUT2D eigenvalue weighted by atomic mass is 19.4. The van der Waals surface area contributed by atoms with Gasteiger partial charge in [0.25, 0.3) is 0 Å². The van der Waals surface area contributed by atoms with Gasteiger partial charge in [-0.05, 0) is 25.2 Å². The summed E-state index contributed by atoms with van der Waals surface area (Å²) in [6, 6.07) is 0.675. The molecule has 0 spiro atoms. The first-order valence-corrected chi connectivity index (χ1v) is 8.21. The maximum Gasteiger partial charge on any atom is 0.389 e. The summed E-state index contributed by atoms with van der Waals surface area (Å²) in [5.41, 5.74) is 5.58. The van der Waals surface area contributed by atoms with Crippen molar-refractivity contribution in [2.75, 3.05) is 26.2 Å². The third-order valence-electron chi connectivity index (χ3n) is 4.65. The zero-order chi connectivity index (χ0) is 15.3. The molecular weight excluding hydrogens is 279 g/mol. The van der Waals surface area contributed by atoms with E-state index in [1.807, 2.05) is 0 Å². The van der Waals surface area contributed by atoms with E-state index < -0.39 is 12.6 Å². The van der Waals surface area contributed by atoms with Gasteiger partial charge in [-0.1, -0.05) is 19.3 Å². The summed E-state index contributed by atoms with van der Waals surface area (Å²) >= 11 is 0. The van der Waals surface area contributed by atoms with Gasteiger partial charge in [-0.15, -0.1) is 0 Å². The maximum atomic E-state index is 12.7. The highest BCUT2D eigenvalue weighted by Gasteiger charge is 2.36. The molecule has 1 aliphatic heterocycles. The molecule has 2 fully saturated rings. The van der Waals surface area contributed by atoms with Gasteiger partial charge < -0.3 is 16.0 Å². The van der Waals surface area contributed by atoms with E-state index in [4.69, 9.17) is 5.73 Å². The van der Waals surface area contributed by atoms with E-state index in [1.54, 1.807) is 0 Å². The fourth-order valence-corrected chi connectivity index (χ4v) is 3.87. The number of hydrogen-bond donors (Lipinski definition) is 2. The molecule has 2 atom stereocenters. The lowest BCUT2D eigenvalue weighted by atomic mass is 9.89. The Balaban J connectivity index is 1.88. The van der Waals surface area contributed by atoms with E-state index in [0.29, 0.717) is 32.1 Å². The van der Waals surface area contributed by atoms with Crippen LogP contribution in [0.15, 0.2) is 0 Å². The lowest BCUT2D eigenvalue weighted by Crippen LogP contribution is -2.53. The van der Waals surface area contributed by atoms with E-state index in [0.717, 1.165) is 19.4 Å². The van der Waals surface area contributed by atoms with Gasteiger partial charge >= 0.3 is 6.18 Å². The maximum absolute atomic E-state index is 12.7. The molecule has 1 saturated carbocycles. The first-order chi connectivity index (χ1) is 9.96. The molecule has 0 aromatic heterocycles. The third-order valence-corrected chi connectivity index (χ3v) is 4.65. The van der Waals surface area contributed by atoms with Crippen LogP contribution >= 0.6 is 0 Å². The number of likely N-dealkylation sites (tertiary alicyclic amines) is 1. The quantitative estimate of drug-likeness (QED) is 0.820. The number of nitrogens with zero attached hydrogens (tertiary/aromatic N) is 1. The molecule has 3 nitrogen and oxygen atoms in total. The Morgan fingerprint density at radius 1 is 1.05 bits per heavy atom. The predicted molar refractivity (Wildman–Crippen MR) is 78.1 cm³/mol. The van der Waals surface area contributed by atoms with Crippen LogP contribution in [0.25, 0.3) is 0 Å². The van der Waals surface area contributed by atoms with Crippen molar-refractivity contribution in [3.8, 4) is 0 Å². The lowest BCUT2D eigenvalue weighted by Gasteiger charge is -2.40. The Morgan fingerprint density at radius 3 is 2.38 bits per heavy atom. The number of piperidine rings is 1. The molecule has 1 heterocycles. The number of nitrogens with one attached hydrogen (secondary N) is 1. The molecule has 124 valence electrons. The van der Waals surface area contributed by atoms with Crippen LogP contribution in [-0.2, 0) is 0 Å². The van der Waals surface area contributed by atoms with Crippen LogP contribution in [0, 0.1) is 5.92 Å². The number of alkyl halides is 3. The van der Waals surface area contributed by atoms with Crippen molar-refractivity contribution in [3.63, 3.8) is 0 Å². The molecule has 21 heavy (non-hydrogen) atoms. The van der Waals surface area contributed by atoms with Gasteiger partial charge in [0.15, 0.2) is 0 Å². The predicted octanol–water partition coefficient (Wildman–Crippen LogP) is 2.51. The Labute approximate surface area is 125 Å². The van der Waals surface area contributed by atoms with E-state index in [1.165, 1.54) is 19.3 Å². The van der Waals surface area contributed by atoms with Gasteiger partial charge in [-0.3, -0.25) is 0 Å². The second kappa shape index (κ2) is 7.79. The van der Waals surface area contributed by atoms with Crippen molar-refractivity contribution in [2.24, 2.45) is 11.7 Å². The molecule has 6 heteroatoms. The van der Waals surface area contributed by atoms with Crippen molar-refractivity contribution >= 4 is 0 Å². The minimum Gasteiger partial charge on any atom is -0.329 e. The Bertz CT molecular complexity index is 303. The molecule has 0 amide bonds. The van der Waals surface area contributed by atoms with Crippen LogP contribution in [0.5, 0.6) is 0 Å². The fraction of sp³-hybridized carbons (Fsp3) is 1.00. The second-order valence-electron chi connectivity index (χ2n) is 6.67. The molecule has 0 aromatic carbocycles. The molecule has 2 rings (SSSR count). The zero-order valence-corrected chi connectivity index (χ0v) is 12.7. The Hall–Kier alpha value is -0.330. The molecule has 0 bridgehead atoms. The largest absolute Gasteiger partial charge is 0.389 e. The van der Waals surface area contributed by atoms with Crippen LogP contribution < -0.4 is 11.1 Å². The van der Waals surface area contributed by atoms with Gasteiger partial charge in [0.05, 0.1) is 0 Å². The second-order valence-corrected chi connectivity index (χ2v) is 6.67. The molecule has 1 aliphatic carbocycles. The standard InChI is InChI=1S/C15H28F3N3/c16-15(17,18)9-12-8-14(11-21(10-12)7-6-19)20-13-4-2-1-3-5-13/h12-14,20H,1-11,19H2. The molecule has 2 aliphatic rings. The fourth-order valence-electron chi connectivity index (χ4n) is 3.87. The van der Waals surface area contributed by atoms with Crippen molar-refractivity contribution < 1.29 is 13.2 Å². The summed E-state index contributed by atoms with van der Waals surface area (Å²) < 4.78 is 38.0. The summed E-state index contributed by atoms with van der Waals surface area (Å²) in [5, 5.41) is 3.61. The van der Waals surface area contributed by atoms with Crippen molar-refractivity contribution in [3.05, 3.63) is 0 Å². The molecular formula is C15H28F3N3. The minimum atomic E-state index is -4.06. The third kappa shape index (κ3) is 6.12. The van der Waals surface area contributed by atoms with Gasteiger partial charge in [0.1, 0.15) is 0 Å².